The number of rotatable bonds is 4. The molecule has 0 aromatic heterocycles. The lowest BCUT2D eigenvalue weighted by molar-refractivity contribution is -0.140. The fraction of sp³-hybridized carbons (Fsp3) is 0.333. The molecule has 1 atom stereocenters. The Balaban J connectivity index is 2.87. The Labute approximate surface area is 112 Å². The molecule has 0 radical (unpaired) electrons. The largest absolute Gasteiger partial charge is 0.480 e. The summed E-state index contributed by atoms with van der Waals surface area (Å²) in [6, 6.07) is 2.78. The molecule has 0 spiro atoms. The number of benzene rings is 1. The van der Waals surface area contributed by atoms with Gasteiger partial charge < -0.3 is 10.4 Å². The number of carbonyl (C=O) groups excluding carboxylic acids is 1. The third-order valence-electron chi connectivity index (χ3n) is 2.40. The Morgan fingerprint density at radius 1 is 1.39 bits per heavy atom. The standard InChI is InChI=1S/C12H13BrFNO3/c1-6(2)10(12(17)18)15-11(16)7-3-4-9(14)8(13)5-7/h3-6,10H,1-2H3,(H,15,16)(H,17,18). The van der Waals surface area contributed by atoms with E-state index in [1.54, 1.807) is 13.8 Å². The summed E-state index contributed by atoms with van der Waals surface area (Å²) in [6.07, 6.45) is 0. The Morgan fingerprint density at radius 3 is 2.44 bits per heavy atom. The third-order valence-corrected chi connectivity index (χ3v) is 3.01. The van der Waals surface area contributed by atoms with Crippen LogP contribution in [-0.4, -0.2) is 23.0 Å². The van der Waals surface area contributed by atoms with Crippen LogP contribution in [0.4, 0.5) is 4.39 Å². The van der Waals surface area contributed by atoms with Crippen molar-refractivity contribution in [3.63, 3.8) is 0 Å². The summed E-state index contributed by atoms with van der Waals surface area (Å²) in [5.74, 6) is -2.36. The molecule has 0 saturated carbocycles. The van der Waals surface area contributed by atoms with E-state index in [0.29, 0.717) is 0 Å². The van der Waals surface area contributed by atoms with E-state index in [1.165, 1.54) is 12.1 Å². The van der Waals surface area contributed by atoms with E-state index in [9.17, 15) is 14.0 Å². The Morgan fingerprint density at radius 2 is 2.00 bits per heavy atom. The number of halogens is 2. The van der Waals surface area contributed by atoms with Crippen LogP contribution < -0.4 is 5.32 Å². The van der Waals surface area contributed by atoms with E-state index in [4.69, 9.17) is 5.11 Å². The summed E-state index contributed by atoms with van der Waals surface area (Å²) >= 11 is 2.97. The highest BCUT2D eigenvalue weighted by Crippen LogP contribution is 2.17. The minimum absolute atomic E-state index is 0.159. The number of aliphatic carboxylic acids is 1. The van der Waals surface area contributed by atoms with Crippen LogP contribution in [0.25, 0.3) is 0 Å². The summed E-state index contributed by atoms with van der Waals surface area (Å²) in [7, 11) is 0. The minimum atomic E-state index is -1.10. The molecule has 1 aromatic rings. The Hall–Kier alpha value is -1.43. The van der Waals surface area contributed by atoms with Gasteiger partial charge in [-0.1, -0.05) is 13.8 Å². The van der Waals surface area contributed by atoms with Crippen molar-refractivity contribution < 1.29 is 19.1 Å². The molecule has 1 amide bonds. The van der Waals surface area contributed by atoms with Crippen LogP contribution in [0.2, 0.25) is 0 Å². The monoisotopic (exact) mass is 317 g/mol. The summed E-state index contributed by atoms with van der Waals surface area (Å²) in [6.45, 7) is 3.39. The Bertz CT molecular complexity index is 476. The van der Waals surface area contributed by atoms with Crippen LogP contribution in [0.15, 0.2) is 22.7 Å². The average molecular weight is 318 g/mol. The van der Waals surface area contributed by atoms with Crippen LogP contribution >= 0.6 is 15.9 Å². The molecule has 1 aromatic carbocycles. The van der Waals surface area contributed by atoms with Gasteiger partial charge in [-0.15, -0.1) is 0 Å². The molecule has 18 heavy (non-hydrogen) atoms. The van der Waals surface area contributed by atoms with Gasteiger partial charge in [0.05, 0.1) is 4.47 Å². The van der Waals surface area contributed by atoms with Crippen molar-refractivity contribution in [2.45, 2.75) is 19.9 Å². The van der Waals surface area contributed by atoms with Crippen molar-refractivity contribution in [1.82, 2.24) is 5.32 Å². The van der Waals surface area contributed by atoms with Crippen molar-refractivity contribution in [2.75, 3.05) is 0 Å². The number of amides is 1. The predicted octanol–water partition coefficient (Wildman–Crippen LogP) is 2.43. The van der Waals surface area contributed by atoms with Crippen LogP contribution in [-0.2, 0) is 4.79 Å². The highest BCUT2D eigenvalue weighted by molar-refractivity contribution is 9.10. The van der Waals surface area contributed by atoms with Crippen LogP contribution in [0.1, 0.15) is 24.2 Å². The highest BCUT2D eigenvalue weighted by atomic mass is 79.9. The fourth-order valence-electron chi connectivity index (χ4n) is 1.38. The number of hydrogen-bond acceptors (Lipinski definition) is 2. The number of carboxylic acid groups (broad SMARTS) is 1. The fourth-order valence-corrected chi connectivity index (χ4v) is 1.75. The highest BCUT2D eigenvalue weighted by Gasteiger charge is 2.24. The maximum atomic E-state index is 13.0. The molecule has 0 bridgehead atoms. The molecule has 98 valence electrons. The van der Waals surface area contributed by atoms with Crippen molar-refractivity contribution >= 4 is 27.8 Å². The van der Waals surface area contributed by atoms with Gasteiger partial charge in [-0.3, -0.25) is 4.79 Å². The van der Waals surface area contributed by atoms with Gasteiger partial charge in [-0.05, 0) is 40.0 Å². The third kappa shape index (κ3) is 3.53. The molecule has 0 fully saturated rings. The molecule has 0 aliphatic rings. The van der Waals surface area contributed by atoms with E-state index in [2.05, 4.69) is 21.2 Å². The van der Waals surface area contributed by atoms with Crippen molar-refractivity contribution in [3.8, 4) is 0 Å². The molecule has 4 nitrogen and oxygen atoms in total. The van der Waals surface area contributed by atoms with Gasteiger partial charge in [-0.2, -0.15) is 0 Å². The van der Waals surface area contributed by atoms with Crippen molar-refractivity contribution in [1.29, 1.82) is 0 Å². The van der Waals surface area contributed by atoms with Gasteiger partial charge >= 0.3 is 5.97 Å². The number of nitrogens with one attached hydrogen (secondary N) is 1. The van der Waals surface area contributed by atoms with E-state index >= 15 is 0 Å². The van der Waals surface area contributed by atoms with Gasteiger partial charge in [0, 0.05) is 5.56 Å². The second-order valence-corrected chi connectivity index (χ2v) is 5.02. The van der Waals surface area contributed by atoms with Gasteiger partial charge in [0.25, 0.3) is 5.91 Å². The molecule has 0 heterocycles. The minimum Gasteiger partial charge on any atom is -0.480 e. The van der Waals surface area contributed by atoms with E-state index < -0.39 is 23.7 Å². The lowest BCUT2D eigenvalue weighted by Crippen LogP contribution is -2.44. The molecule has 0 aliphatic carbocycles. The first kappa shape index (κ1) is 14.6. The lowest BCUT2D eigenvalue weighted by atomic mass is 10.0. The summed E-state index contributed by atoms with van der Waals surface area (Å²) in [4.78, 5) is 22.8. The maximum Gasteiger partial charge on any atom is 0.326 e. The van der Waals surface area contributed by atoms with E-state index in [0.717, 1.165) is 6.07 Å². The topological polar surface area (TPSA) is 66.4 Å². The first-order chi connectivity index (χ1) is 8.32. The maximum absolute atomic E-state index is 13.0. The lowest BCUT2D eigenvalue weighted by Gasteiger charge is -2.17. The zero-order valence-corrected chi connectivity index (χ0v) is 11.5. The van der Waals surface area contributed by atoms with E-state index in [-0.39, 0.29) is 16.0 Å². The molecule has 2 N–H and O–H groups in total. The van der Waals surface area contributed by atoms with Gasteiger partial charge in [0.15, 0.2) is 0 Å². The first-order valence-electron chi connectivity index (χ1n) is 5.31. The van der Waals surface area contributed by atoms with Crippen molar-refractivity contribution in [2.24, 2.45) is 5.92 Å². The van der Waals surface area contributed by atoms with Gasteiger partial charge in [0.2, 0.25) is 0 Å². The predicted molar refractivity (Wildman–Crippen MR) is 67.8 cm³/mol. The summed E-state index contributed by atoms with van der Waals surface area (Å²) in [5, 5.41) is 11.4. The summed E-state index contributed by atoms with van der Waals surface area (Å²) in [5.41, 5.74) is 0.204. The SMILES string of the molecule is CC(C)C(NC(=O)c1ccc(F)c(Br)c1)C(=O)O. The second kappa shape index (κ2) is 5.95. The number of hydrogen-bond donors (Lipinski definition) is 2. The average Bonchev–Trinajstić information content (AvgIpc) is 2.28. The molecule has 1 rings (SSSR count). The second-order valence-electron chi connectivity index (χ2n) is 4.16. The van der Waals surface area contributed by atoms with Gasteiger partial charge in [0.1, 0.15) is 11.9 Å². The summed E-state index contributed by atoms with van der Waals surface area (Å²) < 4.78 is 13.2. The zero-order chi connectivity index (χ0) is 13.9. The van der Waals surface area contributed by atoms with Crippen LogP contribution in [0.5, 0.6) is 0 Å². The van der Waals surface area contributed by atoms with E-state index in [1.807, 2.05) is 0 Å². The zero-order valence-electron chi connectivity index (χ0n) is 9.91. The molecule has 6 heteroatoms. The van der Waals surface area contributed by atoms with Crippen LogP contribution in [0, 0.1) is 11.7 Å². The number of carboxylic acids is 1. The van der Waals surface area contributed by atoms with Crippen LogP contribution in [0.3, 0.4) is 0 Å². The van der Waals surface area contributed by atoms with Gasteiger partial charge in [-0.25, -0.2) is 9.18 Å². The van der Waals surface area contributed by atoms with Crippen molar-refractivity contribution in [3.05, 3.63) is 34.1 Å². The molecular weight excluding hydrogens is 305 g/mol. The first-order valence-corrected chi connectivity index (χ1v) is 6.11. The molecule has 0 aliphatic heterocycles. The molecular formula is C12H13BrFNO3. The Kier molecular flexibility index (Phi) is 4.84. The smallest absolute Gasteiger partial charge is 0.326 e. The molecule has 0 saturated heterocycles. The molecule has 1 unspecified atom stereocenters. The quantitative estimate of drug-likeness (QED) is 0.896. The number of carbonyl (C=O) groups is 2. The normalized spacial score (nSPS) is 12.3.